The van der Waals surface area contributed by atoms with Crippen molar-refractivity contribution in [1.29, 1.82) is 0 Å². The predicted octanol–water partition coefficient (Wildman–Crippen LogP) is 1.82. The van der Waals surface area contributed by atoms with E-state index in [1.54, 1.807) is 0 Å². The minimum atomic E-state index is -5.76. The first kappa shape index (κ1) is 27.8. The van der Waals surface area contributed by atoms with Crippen molar-refractivity contribution in [1.82, 2.24) is 4.98 Å². The van der Waals surface area contributed by atoms with Crippen molar-refractivity contribution in [3.05, 3.63) is 28.8 Å². The molecule has 0 bridgehead atoms. The highest BCUT2D eigenvalue weighted by atomic mass is 32.1. The monoisotopic (exact) mass is 575 g/mol. The summed E-state index contributed by atoms with van der Waals surface area (Å²) in [6.07, 6.45) is -11.0. The summed E-state index contributed by atoms with van der Waals surface area (Å²) in [7, 11) is -16.9. The number of ether oxygens (including phenoxy) is 1. The lowest BCUT2D eigenvalue weighted by Gasteiger charge is -2.19. The van der Waals surface area contributed by atoms with Gasteiger partial charge in [-0.25, -0.2) is 18.7 Å². The second kappa shape index (κ2) is 9.57. The highest BCUT2D eigenvalue weighted by Gasteiger charge is 2.47. The minimum absolute atomic E-state index is 0.0262. The fraction of sp³-hybridized carbons (Fsp3) is 0.462. The molecule has 0 aliphatic carbocycles. The zero-order chi connectivity index (χ0) is 25.7. The van der Waals surface area contributed by atoms with Gasteiger partial charge in [0, 0.05) is 0 Å². The molecular weight excluding hydrogens is 560 g/mol. The molecule has 21 heteroatoms. The first-order valence-electron chi connectivity index (χ1n) is 8.64. The molecule has 0 saturated carbocycles. The molecule has 1 aromatic carbocycles. The molecule has 6 N–H and O–H groups in total. The van der Waals surface area contributed by atoms with Crippen LogP contribution in [0.15, 0.2) is 18.2 Å². The molecule has 1 aliphatic rings. The lowest BCUT2D eigenvalue weighted by atomic mass is 10.1. The number of hydrogen-bond acceptors (Lipinski definition) is 11. The molecule has 2 heterocycles. The van der Waals surface area contributed by atoms with Gasteiger partial charge in [-0.2, -0.15) is 21.8 Å². The van der Waals surface area contributed by atoms with Gasteiger partial charge < -0.3 is 34.5 Å². The maximum Gasteiger partial charge on any atom is 0.490 e. The fourth-order valence-corrected chi connectivity index (χ4v) is 6.86. The van der Waals surface area contributed by atoms with Crippen LogP contribution < -0.4 is 0 Å². The third-order valence-corrected chi connectivity index (χ3v) is 9.06. The second-order valence-electron chi connectivity index (χ2n) is 6.70. The van der Waals surface area contributed by atoms with Crippen LogP contribution in [-0.4, -0.2) is 59.7 Å². The minimum Gasteiger partial charge on any atom is -0.387 e. The standard InChI is InChI=1S/C13H15F3NO13P3S/c14-13(15,16)5-1-2-8-6(3-5)17-12(34-8)11-10(19)9(18)7(28-11)4-27-32(23,24)30-33(25,26)29-31(20,21)22/h1-3,7,9-11,18-19H,4H2,(H,23,24)(H,25,26)(H2,20,21,22)/t7-,9-,10-,11-/m1/s1. The summed E-state index contributed by atoms with van der Waals surface area (Å²) in [4.78, 5) is 39.5. The molecule has 0 radical (unpaired) electrons. The Morgan fingerprint density at radius 2 is 1.68 bits per heavy atom. The molecule has 1 saturated heterocycles. The van der Waals surface area contributed by atoms with Gasteiger partial charge in [-0.15, -0.1) is 11.3 Å². The number of phosphoric acid groups is 3. The van der Waals surface area contributed by atoms with Gasteiger partial charge in [-0.3, -0.25) is 4.52 Å². The maximum absolute atomic E-state index is 12.9. The Morgan fingerprint density at radius 3 is 2.26 bits per heavy atom. The van der Waals surface area contributed by atoms with Gasteiger partial charge in [0.2, 0.25) is 0 Å². The molecular formula is C13H15F3NO13P3S. The van der Waals surface area contributed by atoms with Crippen molar-refractivity contribution in [3.63, 3.8) is 0 Å². The SMILES string of the molecule is O=P(O)(O)OP(=O)(O)OP(=O)(O)OC[C@H]1O[C@@H](c2nc3cc(C(F)(F)F)ccc3s2)[C@H](O)[C@@H]1O. The number of aromatic nitrogens is 1. The van der Waals surface area contributed by atoms with Gasteiger partial charge in [0.1, 0.15) is 29.4 Å². The quantitative estimate of drug-likeness (QED) is 0.247. The zero-order valence-corrected chi connectivity index (χ0v) is 19.6. The van der Waals surface area contributed by atoms with Crippen LogP contribution in [0.3, 0.4) is 0 Å². The number of benzene rings is 1. The molecule has 3 rings (SSSR count). The number of thiazole rings is 1. The number of hydrogen-bond donors (Lipinski definition) is 6. The second-order valence-corrected chi connectivity index (χ2v) is 12.2. The number of fused-ring (bicyclic) bond motifs is 1. The van der Waals surface area contributed by atoms with E-state index in [1.165, 1.54) is 0 Å². The normalized spacial score (nSPS) is 27.6. The van der Waals surface area contributed by atoms with E-state index in [0.29, 0.717) is 4.70 Å². The maximum atomic E-state index is 12.9. The first-order valence-corrected chi connectivity index (χ1v) is 14.0. The first-order chi connectivity index (χ1) is 15.4. The zero-order valence-electron chi connectivity index (χ0n) is 16.1. The van der Waals surface area contributed by atoms with E-state index in [2.05, 4.69) is 18.1 Å². The predicted molar refractivity (Wildman–Crippen MR) is 104 cm³/mol. The Kier molecular flexibility index (Phi) is 7.82. The lowest BCUT2D eigenvalue weighted by Crippen LogP contribution is -2.33. The Morgan fingerprint density at radius 1 is 1.03 bits per heavy atom. The van der Waals surface area contributed by atoms with Crippen LogP contribution >= 0.6 is 34.8 Å². The molecule has 2 unspecified atom stereocenters. The number of aliphatic hydroxyl groups is 2. The van der Waals surface area contributed by atoms with Crippen LogP contribution in [0.4, 0.5) is 13.2 Å². The number of halogens is 3. The molecule has 1 aliphatic heterocycles. The summed E-state index contributed by atoms with van der Waals surface area (Å²) in [6.45, 7) is -1.04. The number of phosphoric ester groups is 1. The summed E-state index contributed by atoms with van der Waals surface area (Å²) in [5, 5.41) is 20.3. The summed E-state index contributed by atoms with van der Waals surface area (Å²) in [5.74, 6) is 0. The summed E-state index contributed by atoms with van der Waals surface area (Å²) in [6, 6.07) is 2.76. The molecule has 1 aromatic heterocycles. The largest absolute Gasteiger partial charge is 0.490 e. The van der Waals surface area contributed by atoms with Gasteiger partial charge in [-0.05, 0) is 18.2 Å². The lowest BCUT2D eigenvalue weighted by molar-refractivity contribution is -0.137. The molecule has 34 heavy (non-hydrogen) atoms. The van der Waals surface area contributed by atoms with Gasteiger partial charge in [0.05, 0.1) is 22.4 Å². The van der Waals surface area contributed by atoms with Crippen molar-refractivity contribution >= 4 is 45.0 Å². The van der Waals surface area contributed by atoms with Crippen molar-refractivity contribution in [2.75, 3.05) is 6.61 Å². The van der Waals surface area contributed by atoms with Gasteiger partial charge in [0.15, 0.2) is 0 Å². The van der Waals surface area contributed by atoms with Gasteiger partial charge >= 0.3 is 29.6 Å². The Hall–Kier alpha value is -0.810. The average molecular weight is 575 g/mol. The molecule has 1 fully saturated rings. The van der Waals surface area contributed by atoms with Gasteiger partial charge in [-0.1, -0.05) is 0 Å². The molecule has 0 amide bonds. The number of nitrogens with zero attached hydrogens (tertiary/aromatic N) is 1. The van der Waals surface area contributed by atoms with Crippen molar-refractivity contribution in [2.45, 2.75) is 30.6 Å². The van der Waals surface area contributed by atoms with E-state index in [9.17, 15) is 42.0 Å². The van der Waals surface area contributed by atoms with Crippen LogP contribution in [0.5, 0.6) is 0 Å². The highest BCUT2D eigenvalue weighted by molar-refractivity contribution is 7.66. The molecule has 0 spiro atoms. The van der Waals surface area contributed by atoms with E-state index in [0.717, 1.165) is 29.5 Å². The topological polar surface area (TPSA) is 222 Å². The summed E-state index contributed by atoms with van der Waals surface area (Å²) < 4.78 is 89.5. The van der Waals surface area contributed by atoms with Crippen LogP contribution in [0, 0.1) is 0 Å². The number of alkyl halides is 3. The third kappa shape index (κ3) is 6.90. The van der Waals surface area contributed by atoms with Crippen molar-refractivity contribution < 1.29 is 74.5 Å². The van der Waals surface area contributed by atoms with Crippen LogP contribution in [0.1, 0.15) is 16.7 Å². The van der Waals surface area contributed by atoms with E-state index in [-0.39, 0.29) is 10.5 Å². The van der Waals surface area contributed by atoms with Crippen LogP contribution in [0.25, 0.3) is 10.2 Å². The summed E-state index contributed by atoms with van der Waals surface area (Å²) >= 11 is 0.854. The molecule has 192 valence electrons. The smallest absolute Gasteiger partial charge is 0.387 e. The van der Waals surface area contributed by atoms with E-state index >= 15 is 0 Å². The Balaban J connectivity index is 1.70. The average Bonchev–Trinajstić information content (AvgIpc) is 3.17. The van der Waals surface area contributed by atoms with E-state index in [1.807, 2.05) is 0 Å². The summed E-state index contributed by atoms with van der Waals surface area (Å²) in [5.41, 5.74) is -1.02. The van der Waals surface area contributed by atoms with Gasteiger partial charge in [0.25, 0.3) is 0 Å². The number of aliphatic hydroxyl groups excluding tert-OH is 2. The number of rotatable bonds is 8. The third-order valence-electron chi connectivity index (χ3n) is 4.16. The Bertz CT molecular complexity index is 1200. The molecule has 6 atom stereocenters. The van der Waals surface area contributed by atoms with Crippen molar-refractivity contribution in [3.8, 4) is 0 Å². The van der Waals surface area contributed by atoms with Crippen LogP contribution in [0.2, 0.25) is 0 Å². The van der Waals surface area contributed by atoms with E-state index < -0.39 is 66.2 Å². The van der Waals surface area contributed by atoms with Crippen molar-refractivity contribution in [2.24, 2.45) is 0 Å². The van der Waals surface area contributed by atoms with E-state index in [4.69, 9.17) is 19.4 Å². The van der Waals surface area contributed by atoms with Crippen LogP contribution in [-0.2, 0) is 37.8 Å². The Labute approximate surface area is 191 Å². The fourth-order valence-electron chi connectivity index (χ4n) is 2.80. The molecule has 14 nitrogen and oxygen atoms in total. The highest BCUT2D eigenvalue weighted by Crippen LogP contribution is 2.66. The molecule has 2 aromatic rings.